The molecule has 2 heterocycles. The standard InChI is InChI=1S/C22H32N4O3/c1-15(2)26-14-17(13-20(26)27)21(28)23-18-9-11-25(12-10-18)22(29)16-5-7-19(8-6-16)24(3)4/h5-8,15,17-18H,9-14H2,1-4H3,(H,23,28). The van der Waals surface area contributed by atoms with Gasteiger partial charge in [0, 0.05) is 63.5 Å². The Bertz CT molecular complexity index is 752. The largest absolute Gasteiger partial charge is 0.378 e. The van der Waals surface area contributed by atoms with Gasteiger partial charge in [0.05, 0.1) is 5.92 Å². The number of hydrogen-bond acceptors (Lipinski definition) is 4. The maximum Gasteiger partial charge on any atom is 0.253 e. The maximum atomic E-state index is 12.7. The zero-order valence-corrected chi connectivity index (χ0v) is 17.9. The molecular weight excluding hydrogens is 368 g/mol. The number of carbonyl (C=O) groups excluding carboxylic acids is 3. The molecule has 3 amide bonds. The highest BCUT2D eigenvalue weighted by Gasteiger charge is 2.36. The van der Waals surface area contributed by atoms with Crippen LogP contribution in [0.1, 0.15) is 43.5 Å². The van der Waals surface area contributed by atoms with Crippen molar-refractivity contribution in [2.75, 3.05) is 38.6 Å². The Labute approximate surface area is 173 Å². The third-order valence-electron chi connectivity index (χ3n) is 5.91. The average Bonchev–Trinajstić information content (AvgIpc) is 3.10. The van der Waals surface area contributed by atoms with Crippen LogP contribution >= 0.6 is 0 Å². The first kappa shape index (κ1) is 21.1. The van der Waals surface area contributed by atoms with E-state index in [0.717, 1.165) is 18.5 Å². The summed E-state index contributed by atoms with van der Waals surface area (Å²) < 4.78 is 0. The molecule has 2 aliphatic rings. The molecule has 7 nitrogen and oxygen atoms in total. The van der Waals surface area contributed by atoms with E-state index in [1.165, 1.54) is 0 Å². The van der Waals surface area contributed by atoms with E-state index in [1.54, 1.807) is 4.90 Å². The van der Waals surface area contributed by atoms with Gasteiger partial charge in [0.15, 0.2) is 0 Å². The lowest BCUT2D eigenvalue weighted by Crippen LogP contribution is -2.48. The average molecular weight is 401 g/mol. The third kappa shape index (κ3) is 4.89. The Morgan fingerprint density at radius 1 is 1.10 bits per heavy atom. The molecule has 29 heavy (non-hydrogen) atoms. The third-order valence-corrected chi connectivity index (χ3v) is 5.91. The van der Waals surface area contributed by atoms with Gasteiger partial charge in [0.1, 0.15) is 0 Å². The van der Waals surface area contributed by atoms with Crippen LogP contribution in [0.2, 0.25) is 0 Å². The van der Waals surface area contributed by atoms with Crippen LogP contribution in [0, 0.1) is 5.92 Å². The molecule has 1 aromatic carbocycles. The number of piperidine rings is 1. The number of anilines is 1. The summed E-state index contributed by atoms with van der Waals surface area (Å²) in [7, 11) is 3.94. The van der Waals surface area contributed by atoms with Crippen LogP contribution in [-0.4, -0.2) is 73.3 Å². The Balaban J connectivity index is 1.48. The molecule has 0 saturated carbocycles. The first-order valence-electron chi connectivity index (χ1n) is 10.4. The highest BCUT2D eigenvalue weighted by molar-refractivity contribution is 5.94. The summed E-state index contributed by atoms with van der Waals surface area (Å²) in [6, 6.07) is 7.81. The summed E-state index contributed by atoms with van der Waals surface area (Å²) in [6.07, 6.45) is 1.77. The van der Waals surface area contributed by atoms with Crippen molar-refractivity contribution in [3.63, 3.8) is 0 Å². The number of amides is 3. The zero-order chi connectivity index (χ0) is 21.1. The van der Waals surface area contributed by atoms with Crippen molar-refractivity contribution in [3.8, 4) is 0 Å². The minimum absolute atomic E-state index is 0.0362. The monoisotopic (exact) mass is 400 g/mol. The molecule has 3 rings (SSSR count). The Morgan fingerprint density at radius 3 is 2.24 bits per heavy atom. The van der Waals surface area contributed by atoms with Gasteiger partial charge in [-0.05, 0) is 51.0 Å². The van der Waals surface area contributed by atoms with E-state index in [0.29, 0.717) is 31.6 Å². The van der Waals surface area contributed by atoms with Gasteiger partial charge >= 0.3 is 0 Å². The molecule has 0 aromatic heterocycles. The van der Waals surface area contributed by atoms with Gasteiger partial charge in [0.2, 0.25) is 11.8 Å². The number of benzene rings is 1. The van der Waals surface area contributed by atoms with Crippen molar-refractivity contribution < 1.29 is 14.4 Å². The Kier molecular flexibility index (Phi) is 6.45. The van der Waals surface area contributed by atoms with Crippen molar-refractivity contribution in [2.45, 2.75) is 45.2 Å². The molecule has 0 radical (unpaired) electrons. The molecule has 1 aromatic rings. The smallest absolute Gasteiger partial charge is 0.253 e. The fourth-order valence-corrected chi connectivity index (χ4v) is 4.04. The van der Waals surface area contributed by atoms with Gasteiger partial charge in [-0.1, -0.05) is 0 Å². The van der Waals surface area contributed by atoms with Crippen molar-refractivity contribution in [1.29, 1.82) is 0 Å². The summed E-state index contributed by atoms with van der Waals surface area (Å²) >= 11 is 0. The molecule has 0 spiro atoms. The predicted molar refractivity (Wildman–Crippen MR) is 113 cm³/mol. The van der Waals surface area contributed by atoms with Crippen LogP contribution in [0.25, 0.3) is 0 Å². The van der Waals surface area contributed by atoms with E-state index in [-0.39, 0.29) is 35.7 Å². The Morgan fingerprint density at radius 2 is 1.72 bits per heavy atom. The lowest BCUT2D eigenvalue weighted by molar-refractivity contribution is -0.130. The van der Waals surface area contributed by atoms with Gasteiger partial charge in [0.25, 0.3) is 5.91 Å². The van der Waals surface area contributed by atoms with E-state index >= 15 is 0 Å². The van der Waals surface area contributed by atoms with Crippen LogP contribution < -0.4 is 10.2 Å². The highest BCUT2D eigenvalue weighted by Crippen LogP contribution is 2.22. The summed E-state index contributed by atoms with van der Waals surface area (Å²) in [5.41, 5.74) is 1.75. The minimum Gasteiger partial charge on any atom is -0.378 e. The summed E-state index contributed by atoms with van der Waals surface area (Å²) in [6.45, 7) is 5.70. The number of rotatable bonds is 5. The molecule has 0 bridgehead atoms. The van der Waals surface area contributed by atoms with Crippen LogP contribution in [-0.2, 0) is 9.59 Å². The molecule has 0 aliphatic carbocycles. The topological polar surface area (TPSA) is 73.0 Å². The summed E-state index contributed by atoms with van der Waals surface area (Å²) in [5, 5.41) is 3.10. The second kappa shape index (κ2) is 8.84. The van der Waals surface area contributed by atoms with Crippen LogP contribution in [0.3, 0.4) is 0 Å². The molecule has 2 saturated heterocycles. The second-order valence-electron chi connectivity index (χ2n) is 8.56. The molecule has 158 valence electrons. The van der Waals surface area contributed by atoms with E-state index in [4.69, 9.17) is 0 Å². The quantitative estimate of drug-likeness (QED) is 0.817. The number of hydrogen-bond donors (Lipinski definition) is 1. The van der Waals surface area contributed by atoms with Crippen LogP contribution in [0.5, 0.6) is 0 Å². The predicted octanol–water partition coefficient (Wildman–Crippen LogP) is 1.73. The molecular formula is C22H32N4O3. The fraction of sp³-hybridized carbons (Fsp3) is 0.591. The molecule has 1 N–H and O–H groups in total. The van der Waals surface area contributed by atoms with Crippen molar-refractivity contribution in [3.05, 3.63) is 29.8 Å². The maximum absolute atomic E-state index is 12.7. The Hall–Kier alpha value is -2.57. The van der Waals surface area contributed by atoms with E-state index < -0.39 is 0 Å². The summed E-state index contributed by atoms with van der Waals surface area (Å²) in [5.74, 6) is -0.208. The molecule has 2 aliphatic heterocycles. The van der Waals surface area contributed by atoms with Crippen molar-refractivity contribution in [2.24, 2.45) is 5.92 Å². The number of carbonyl (C=O) groups is 3. The SMILES string of the molecule is CC(C)N1CC(C(=O)NC2CCN(C(=O)c3ccc(N(C)C)cc3)CC2)CC1=O. The van der Waals surface area contributed by atoms with E-state index in [1.807, 2.05) is 62.0 Å². The second-order valence-corrected chi connectivity index (χ2v) is 8.56. The van der Waals surface area contributed by atoms with E-state index in [9.17, 15) is 14.4 Å². The minimum atomic E-state index is -0.264. The zero-order valence-electron chi connectivity index (χ0n) is 17.9. The van der Waals surface area contributed by atoms with Crippen LogP contribution in [0.15, 0.2) is 24.3 Å². The van der Waals surface area contributed by atoms with Gasteiger partial charge < -0.3 is 20.0 Å². The first-order valence-corrected chi connectivity index (χ1v) is 10.4. The first-order chi connectivity index (χ1) is 13.8. The molecule has 1 atom stereocenters. The number of nitrogens with one attached hydrogen (secondary N) is 1. The van der Waals surface area contributed by atoms with Crippen LogP contribution in [0.4, 0.5) is 5.69 Å². The molecule has 7 heteroatoms. The normalized spacial score (nSPS) is 20.3. The number of nitrogens with zero attached hydrogens (tertiary/aromatic N) is 3. The van der Waals surface area contributed by atoms with Gasteiger partial charge in [-0.2, -0.15) is 0 Å². The molecule has 2 fully saturated rings. The molecule has 1 unspecified atom stereocenters. The van der Waals surface area contributed by atoms with Crippen molar-refractivity contribution in [1.82, 2.24) is 15.1 Å². The highest BCUT2D eigenvalue weighted by atomic mass is 16.2. The van der Waals surface area contributed by atoms with Gasteiger partial charge in [-0.15, -0.1) is 0 Å². The number of likely N-dealkylation sites (tertiary alicyclic amines) is 2. The lowest BCUT2D eigenvalue weighted by Gasteiger charge is -2.33. The van der Waals surface area contributed by atoms with Crippen molar-refractivity contribution >= 4 is 23.4 Å². The van der Waals surface area contributed by atoms with Gasteiger partial charge in [-0.3, -0.25) is 14.4 Å². The summed E-state index contributed by atoms with van der Waals surface area (Å²) in [4.78, 5) is 43.0. The van der Waals surface area contributed by atoms with E-state index in [2.05, 4.69) is 5.32 Å². The van der Waals surface area contributed by atoms with Gasteiger partial charge in [-0.25, -0.2) is 0 Å². The lowest BCUT2D eigenvalue weighted by atomic mass is 10.0. The fourth-order valence-electron chi connectivity index (χ4n) is 4.04.